The van der Waals surface area contributed by atoms with Crippen molar-refractivity contribution in [2.24, 2.45) is 0 Å². The van der Waals surface area contributed by atoms with E-state index >= 15 is 0 Å². The molecule has 7 heavy (non-hydrogen) atoms. The zero-order valence-electron chi connectivity index (χ0n) is 3.90. The van der Waals surface area contributed by atoms with Crippen molar-refractivity contribution >= 4 is 7.82 Å². The van der Waals surface area contributed by atoms with E-state index in [1.807, 2.05) is 0 Å². The van der Waals surface area contributed by atoms with Gasteiger partial charge in [0.1, 0.15) is 0 Å². The van der Waals surface area contributed by atoms with E-state index in [-0.39, 0.29) is 0 Å². The summed E-state index contributed by atoms with van der Waals surface area (Å²) in [5, 5.41) is 0. The van der Waals surface area contributed by atoms with E-state index in [2.05, 4.69) is 4.43 Å². The van der Waals surface area contributed by atoms with Gasteiger partial charge in [0.05, 0.1) is 0 Å². The second-order valence-electron chi connectivity index (χ2n) is 0.513. The van der Waals surface area contributed by atoms with Crippen LogP contribution in [-0.4, -0.2) is 14.7 Å². The van der Waals surface area contributed by atoms with Gasteiger partial charge < -0.3 is 14.7 Å². The molecule has 41 valence electrons. The molecule has 0 unspecified atom stereocenters. The van der Waals surface area contributed by atoms with Crippen LogP contribution in [0.25, 0.3) is 0 Å². The molecule has 0 amide bonds. The number of rotatable bonds is 0. The first-order chi connectivity index (χ1) is 3.00. The summed E-state index contributed by atoms with van der Waals surface area (Å²) in [5.41, 5.74) is 0. The summed E-state index contributed by atoms with van der Waals surface area (Å²) >= 11 is 1.03. The molecule has 0 bridgehead atoms. The topological polar surface area (TPSA) is 77.8 Å². The van der Waals surface area contributed by atoms with Crippen LogP contribution >= 0.6 is 7.82 Å². The Kier molecular flexibility index (Phi) is 8.10. The van der Waals surface area contributed by atoms with Gasteiger partial charge in [-0.3, -0.25) is 0 Å². The van der Waals surface area contributed by atoms with Crippen LogP contribution in [-0.2, 0) is 30.7 Å². The van der Waals surface area contributed by atoms with E-state index in [0.717, 1.165) is 26.1 Å². The van der Waals surface area contributed by atoms with Crippen molar-refractivity contribution in [3.63, 3.8) is 0 Å². The number of hydrogen-bond acceptors (Lipinski definition) is 1. The van der Waals surface area contributed by atoms with Gasteiger partial charge in [-0.25, -0.2) is 4.57 Å². The summed E-state index contributed by atoms with van der Waals surface area (Å²) in [6.45, 7) is 0. The summed E-state index contributed by atoms with van der Waals surface area (Å²) in [6.07, 6.45) is 0. The van der Waals surface area contributed by atoms with E-state index in [1.165, 1.54) is 0 Å². The molecule has 0 saturated carbocycles. The van der Waals surface area contributed by atoms with E-state index in [4.69, 9.17) is 19.2 Å². The Morgan fingerprint density at radius 3 is 1.29 bits per heavy atom. The van der Waals surface area contributed by atoms with E-state index in [0.29, 0.717) is 0 Å². The number of hydrogen-bond donors (Lipinski definition) is 3. The maximum absolute atomic E-state index is 8.88. The molecule has 4 nitrogen and oxygen atoms in total. The fourth-order valence-electron chi connectivity index (χ4n) is 0. The zero-order valence-corrected chi connectivity index (χ0v) is 10.3. The first kappa shape index (κ1) is 10.9. The van der Waals surface area contributed by atoms with Crippen LogP contribution in [0, 0.1) is 0 Å². The molecule has 0 aromatic carbocycles. The van der Waals surface area contributed by atoms with Crippen LogP contribution in [0.15, 0.2) is 0 Å². The molecule has 0 saturated heterocycles. The number of phosphoric acid groups is 1. The second kappa shape index (κ2) is 5.19. The van der Waals surface area contributed by atoms with Crippen molar-refractivity contribution in [2.75, 3.05) is 0 Å². The van der Waals surface area contributed by atoms with Gasteiger partial charge in [0.15, 0.2) is 0 Å². The van der Waals surface area contributed by atoms with Gasteiger partial charge in [-0.05, 0) is 0 Å². The molecule has 0 aliphatic heterocycles. The average Bonchev–Trinajstić information content (AvgIpc) is 1.36. The average molecular weight is 314 g/mol. The molecule has 6 heteroatoms. The molecule has 0 heterocycles. The fourth-order valence-corrected chi connectivity index (χ4v) is 0. The Morgan fingerprint density at radius 1 is 1.29 bits per heavy atom. The summed E-state index contributed by atoms with van der Waals surface area (Å²) < 4.78 is 11.1. The zero-order chi connectivity index (χ0) is 6.50. The van der Waals surface area contributed by atoms with Gasteiger partial charge in [0.25, 0.3) is 0 Å². The minimum absolute atomic E-state index is 1.03. The molecule has 3 N–H and O–H groups in total. The molecule has 0 aromatic rings. The van der Waals surface area contributed by atoms with Crippen molar-refractivity contribution in [3.8, 4) is 0 Å². The Morgan fingerprint density at radius 2 is 1.29 bits per heavy atom. The van der Waals surface area contributed by atoms with E-state index in [9.17, 15) is 0 Å². The van der Waals surface area contributed by atoms with Crippen molar-refractivity contribution in [1.82, 2.24) is 0 Å². The van der Waals surface area contributed by atoms with Gasteiger partial charge >= 0.3 is 38.4 Å². The van der Waals surface area contributed by atoms with Crippen molar-refractivity contribution in [2.45, 2.75) is 4.43 Å². The van der Waals surface area contributed by atoms with Crippen molar-refractivity contribution in [1.29, 1.82) is 0 Å². The van der Waals surface area contributed by atoms with Gasteiger partial charge in [-0.15, -0.1) is 0 Å². The fraction of sp³-hybridized carbons (Fsp3) is 1.00. The molecule has 0 fully saturated rings. The normalized spacial score (nSPS) is 9.43. The SMILES string of the molecule is O=P(O)(O)O.[CH3][Hg]. The summed E-state index contributed by atoms with van der Waals surface area (Å²) in [5.74, 6) is 0. The standard InChI is InChI=1S/CH3.Hg.H3O4P/c;;1-5(2,3)4/h1H3;;(H3,1,2,3,4). The summed E-state index contributed by atoms with van der Waals surface area (Å²) in [4.78, 5) is 21.6. The molecule has 0 rings (SSSR count). The predicted octanol–water partition coefficient (Wildman–Crippen LogP) is -0.347. The first-order valence-corrected chi connectivity index (χ1v) is 8.55. The Hall–Kier alpha value is 1.05. The van der Waals surface area contributed by atoms with Crippen LogP contribution < -0.4 is 0 Å². The summed E-state index contributed by atoms with van der Waals surface area (Å²) in [7, 11) is -4.64. The van der Waals surface area contributed by atoms with Crippen LogP contribution in [0.1, 0.15) is 0 Å². The first-order valence-electron chi connectivity index (χ1n) is 1.49. The molecule has 0 aromatic heterocycles. The van der Waals surface area contributed by atoms with Crippen molar-refractivity contribution < 1.29 is 45.4 Å². The molecular formula is CH6HgO4P. The minimum atomic E-state index is -4.64. The predicted molar refractivity (Wildman–Crippen MR) is 20.1 cm³/mol. The monoisotopic (exact) mass is 315 g/mol. The van der Waals surface area contributed by atoms with Gasteiger partial charge in [-0.2, -0.15) is 0 Å². The van der Waals surface area contributed by atoms with Crippen LogP contribution in [0.3, 0.4) is 0 Å². The molecule has 0 spiro atoms. The molecule has 0 aliphatic rings. The third kappa shape index (κ3) is 164. The molecule has 0 radical (unpaired) electrons. The Labute approximate surface area is 57.8 Å². The van der Waals surface area contributed by atoms with Crippen LogP contribution in [0.5, 0.6) is 0 Å². The van der Waals surface area contributed by atoms with Gasteiger partial charge in [-0.1, -0.05) is 0 Å². The summed E-state index contributed by atoms with van der Waals surface area (Å²) in [6, 6.07) is 0. The van der Waals surface area contributed by atoms with Gasteiger partial charge in [0, 0.05) is 0 Å². The molecule has 0 aliphatic carbocycles. The maximum atomic E-state index is 8.88. The van der Waals surface area contributed by atoms with Gasteiger partial charge in [0.2, 0.25) is 0 Å². The van der Waals surface area contributed by atoms with Crippen LogP contribution in [0.2, 0.25) is 4.43 Å². The third-order valence-corrected chi connectivity index (χ3v) is 0. The molecular weight excluding hydrogens is 308 g/mol. The Balaban J connectivity index is 0. The molecule has 0 atom stereocenters. The van der Waals surface area contributed by atoms with Crippen molar-refractivity contribution in [3.05, 3.63) is 0 Å². The van der Waals surface area contributed by atoms with E-state index < -0.39 is 7.82 Å². The third-order valence-electron chi connectivity index (χ3n) is 0. The van der Waals surface area contributed by atoms with Crippen LogP contribution in [0.4, 0.5) is 0 Å². The second-order valence-corrected chi connectivity index (χ2v) is 1.54. The van der Waals surface area contributed by atoms with E-state index in [1.54, 1.807) is 0 Å². The Bertz CT molecular complexity index is 57.8. The quantitative estimate of drug-likeness (QED) is 0.422.